The quantitative estimate of drug-likeness (QED) is 0.420. The third-order valence-electron chi connectivity index (χ3n) is 5.73. The van der Waals surface area contributed by atoms with Crippen molar-refractivity contribution in [3.05, 3.63) is 48.0 Å². The van der Waals surface area contributed by atoms with E-state index in [0.717, 1.165) is 34.9 Å². The molecule has 0 unspecified atom stereocenters. The van der Waals surface area contributed by atoms with Crippen LogP contribution < -0.4 is 0 Å². The highest BCUT2D eigenvalue weighted by Crippen LogP contribution is 2.36. The fourth-order valence-electron chi connectivity index (χ4n) is 4.03. The largest absolute Gasteiger partial charge is 0.240 e. The second-order valence-corrected chi connectivity index (χ2v) is 7.78. The van der Waals surface area contributed by atoms with E-state index in [2.05, 4.69) is 50.0 Å². The summed E-state index contributed by atoms with van der Waals surface area (Å²) in [6.07, 6.45) is 15.6. The highest BCUT2D eigenvalue weighted by Gasteiger charge is 2.23. The molecule has 2 nitrogen and oxygen atoms in total. The van der Waals surface area contributed by atoms with Crippen LogP contribution in [-0.2, 0) is 0 Å². The molecular weight excluding hydrogens is 328 g/mol. The molecule has 1 aliphatic carbocycles. The zero-order valence-corrected chi connectivity index (χ0v) is 16.9. The average molecular weight is 361 g/mol. The van der Waals surface area contributed by atoms with Crippen molar-refractivity contribution >= 4 is 0 Å². The van der Waals surface area contributed by atoms with E-state index in [0.29, 0.717) is 5.92 Å². The smallest absolute Gasteiger partial charge is 0.131 e. The van der Waals surface area contributed by atoms with Crippen LogP contribution in [-0.4, -0.2) is 9.97 Å². The first-order chi connectivity index (χ1) is 13.3. The Morgan fingerprint density at radius 3 is 2.22 bits per heavy atom. The molecule has 1 aromatic carbocycles. The average Bonchev–Trinajstić information content (AvgIpc) is 2.73. The molecule has 1 saturated carbocycles. The lowest BCUT2D eigenvalue weighted by Crippen LogP contribution is -2.15. The van der Waals surface area contributed by atoms with Gasteiger partial charge in [0, 0.05) is 35.9 Å². The number of rotatable bonds is 6. The molecule has 1 fully saturated rings. The van der Waals surface area contributed by atoms with Gasteiger partial charge in [-0.15, -0.1) is 0 Å². The van der Waals surface area contributed by atoms with Crippen molar-refractivity contribution in [2.75, 3.05) is 0 Å². The molecule has 0 spiro atoms. The number of nitrogens with zero attached hydrogens (tertiary/aromatic N) is 2. The molecule has 3 rings (SSSR count). The van der Waals surface area contributed by atoms with Crippen LogP contribution in [0.4, 0.5) is 0 Å². The molecule has 0 radical (unpaired) electrons. The summed E-state index contributed by atoms with van der Waals surface area (Å²) in [4.78, 5) is 9.42. The van der Waals surface area contributed by atoms with E-state index in [1.807, 2.05) is 12.4 Å². The van der Waals surface area contributed by atoms with Crippen LogP contribution in [0, 0.1) is 17.8 Å². The first-order valence-corrected chi connectivity index (χ1v) is 10.7. The maximum absolute atomic E-state index is 4.71. The Morgan fingerprint density at radius 2 is 1.59 bits per heavy atom. The lowest BCUT2D eigenvalue weighted by Gasteiger charge is -2.27. The van der Waals surface area contributed by atoms with Gasteiger partial charge in [0.2, 0.25) is 0 Å². The van der Waals surface area contributed by atoms with Crippen molar-refractivity contribution in [2.24, 2.45) is 5.92 Å². The minimum atomic E-state index is 0.549. The molecule has 27 heavy (non-hydrogen) atoms. The van der Waals surface area contributed by atoms with Crippen LogP contribution >= 0.6 is 0 Å². The van der Waals surface area contributed by atoms with Gasteiger partial charge < -0.3 is 0 Å². The lowest BCUT2D eigenvalue weighted by atomic mass is 9.79. The Bertz CT molecular complexity index is 742. The van der Waals surface area contributed by atoms with Gasteiger partial charge in [0.25, 0.3) is 0 Å². The molecule has 0 amide bonds. The van der Waals surface area contributed by atoms with E-state index in [9.17, 15) is 0 Å². The normalized spacial score (nSPS) is 19.3. The van der Waals surface area contributed by atoms with Gasteiger partial charge in [-0.2, -0.15) is 0 Å². The summed E-state index contributed by atoms with van der Waals surface area (Å²) in [7, 11) is 0. The molecular formula is C25H32N2. The van der Waals surface area contributed by atoms with Gasteiger partial charge in [0.05, 0.1) is 0 Å². The Kier molecular flexibility index (Phi) is 7.45. The van der Waals surface area contributed by atoms with E-state index in [-0.39, 0.29) is 0 Å². The number of aromatic nitrogens is 2. The zero-order valence-electron chi connectivity index (χ0n) is 16.9. The topological polar surface area (TPSA) is 25.8 Å². The molecule has 0 saturated heterocycles. The summed E-state index contributed by atoms with van der Waals surface area (Å²) in [5, 5.41) is 0. The molecule has 1 heterocycles. The monoisotopic (exact) mass is 360 g/mol. The number of unbranched alkanes of at least 4 members (excludes halogenated alkanes) is 2. The standard InChI is InChI=1S/C25H32N2/c1-3-5-7-9-21-12-16-23(17-13-21)25-26-18-24(19-27-25)22-14-10-20(11-15-22)8-6-4-2/h10-11,14-15,18-19,21,23H,3-5,7,9,12-13,16-17H2,1-2H3. The molecule has 142 valence electrons. The first-order valence-electron chi connectivity index (χ1n) is 10.7. The summed E-state index contributed by atoms with van der Waals surface area (Å²) in [6, 6.07) is 8.37. The maximum atomic E-state index is 4.71. The van der Waals surface area contributed by atoms with Crippen molar-refractivity contribution < 1.29 is 0 Å². The SMILES string of the molecule is CCC#Cc1ccc(-c2cnc(C3CCC(CCCCC)CC3)nc2)cc1. The third-order valence-corrected chi connectivity index (χ3v) is 5.73. The Hall–Kier alpha value is -2.14. The van der Waals surface area contributed by atoms with Gasteiger partial charge in [0.15, 0.2) is 0 Å². The van der Waals surface area contributed by atoms with Gasteiger partial charge in [-0.1, -0.05) is 63.5 Å². The zero-order chi connectivity index (χ0) is 18.9. The van der Waals surface area contributed by atoms with Gasteiger partial charge >= 0.3 is 0 Å². The number of hydrogen-bond donors (Lipinski definition) is 0. The minimum absolute atomic E-state index is 0.549. The van der Waals surface area contributed by atoms with Crippen molar-refractivity contribution in [3.8, 4) is 23.0 Å². The number of benzene rings is 1. The summed E-state index contributed by atoms with van der Waals surface area (Å²) in [5.74, 6) is 8.79. The van der Waals surface area contributed by atoms with Gasteiger partial charge in [0.1, 0.15) is 5.82 Å². The van der Waals surface area contributed by atoms with Crippen molar-refractivity contribution in [2.45, 2.75) is 77.6 Å². The summed E-state index contributed by atoms with van der Waals surface area (Å²) in [5.41, 5.74) is 3.30. The van der Waals surface area contributed by atoms with Gasteiger partial charge in [-0.25, -0.2) is 9.97 Å². The van der Waals surface area contributed by atoms with Crippen molar-refractivity contribution in [3.63, 3.8) is 0 Å². The van der Waals surface area contributed by atoms with Crippen LogP contribution in [0.5, 0.6) is 0 Å². The van der Waals surface area contributed by atoms with E-state index in [4.69, 9.17) is 9.97 Å². The fraction of sp³-hybridized carbons (Fsp3) is 0.520. The van der Waals surface area contributed by atoms with E-state index in [1.54, 1.807) is 0 Å². The van der Waals surface area contributed by atoms with E-state index in [1.165, 1.54) is 51.4 Å². The molecule has 1 aromatic heterocycles. The van der Waals surface area contributed by atoms with Gasteiger partial charge in [-0.3, -0.25) is 0 Å². The second-order valence-electron chi connectivity index (χ2n) is 7.78. The van der Waals surface area contributed by atoms with E-state index < -0.39 is 0 Å². The van der Waals surface area contributed by atoms with Crippen molar-refractivity contribution in [1.29, 1.82) is 0 Å². The first kappa shape index (κ1) is 19.6. The van der Waals surface area contributed by atoms with Crippen LogP contribution in [0.15, 0.2) is 36.7 Å². The molecule has 0 N–H and O–H groups in total. The molecule has 0 bridgehead atoms. The molecule has 0 atom stereocenters. The fourth-order valence-corrected chi connectivity index (χ4v) is 4.03. The number of hydrogen-bond acceptors (Lipinski definition) is 2. The predicted molar refractivity (Wildman–Crippen MR) is 113 cm³/mol. The van der Waals surface area contributed by atoms with Crippen LogP contribution in [0.25, 0.3) is 11.1 Å². The summed E-state index contributed by atoms with van der Waals surface area (Å²) < 4.78 is 0. The lowest BCUT2D eigenvalue weighted by molar-refractivity contribution is 0.297. The third kappa shape index (κ3) is 5.67. The Labute approximate surface area is 164 Å². The minimum Gasteiger partial charge on any atom is -0.240 e. The molecule has 0 aliphatic heterocycles. The highest BCUT2D eigenvalue weighted by atomic mass is 14.9. The van der Waals surface area contributed by atoms with E-state index >= 15 is 0 Å². The highest BCUT2D eigenvalue weighted by molar-refractivity contribution is 5.62. The molecule has 1 aliphatic rings. The maximum Gasteiger partial charge on any atom is 0.131 e. The van der Waals surface area contributed by atoms with Crippen LogP contribution in [0.3, 0.4) is 0 Å². The summed E-state index contributed by atoms with van der Waals surface area (Å²) >= 11 is 0. The Balaban J connectivity index is 1.56. The van der Waals surface area contributed by atoms with Crippen LogP contribution in [0.2, 0.25) is 0 Å². The second kappa shape index (κ2) is 10.3. The predicted octanol–water partition coefficient (Wildman–Crippen LogP) is 6.76. The Morgan fingerprint density at radius 1 is 0.889 bits per heavy atom. The van der Waals surface area contributed by atoms with Crippen molar-refractivity contribution in [1.82, 2.24) is 9.97 Å². The molecule has 2 aromatic rings. The van der Waals surface area contributed by atoms with Gasteiger partial charge in [-0.05, 0) is 49.3 Å². The molecule has 2 heteroatoms. The van der Waals surface area contributed by atoms with Crippen LogP contribution in [0.1, 0.15) is 88.9 Å². The summed E-state index contributed by atoms with van der Waals surface area (Å²) in [6.45, 7) is 4.35.